The standard InChI is InChI=1S/C17H23N5O3/c1-17(2,3)25-16(24)20-14-7-5-4-6-13(14)11-22-10-12(8-15(22)23)9-19-21-18/h4-7,12H,8-11H2,1-3H3,(H,20,24). The molecule has 1 N–H and O–H groups in total. The van der Waals surface area contributed by atoms with Gasteiger partial charge in [-0.2, -0.15) is 0 Å². The van der Waals surface area contributed by atoms with Gasteiger partial charge in [-0.05, 0) is 43.9 Å². The smallest absolute Gasteiger partial charge is 0.412 e. The number of anilines is 1. The maximum Gasteiger partial charge on any atom is 0.412 e. The van der Waals surface area contributed by atoms with Crippen LogP contribution in [0.4, 0.5) is 10.5 Å². The van der Waals surface area contributed by atoms with Gasteiger partial charge in [0.15, 0.2) is 0 Å². The number of hydrogen-bond acceptors (Lipinski definition) is 4. The number of carbonyl (C=O) groups excluding carboxylic acids is 2. The second-order valence-electron chi connectivity index (χ2n) is 7.04. The molecule has 1 aliphatic heterocycles. The quantitative estimate of drug-likeness (QED) is 0.499. The summed E-state index contributed by atoms with van der Waals surface area (Å²) < 4.78 is 5.27. The molecule has 1 atom stereocenters. The minimum absolute atomic E-state index is 0.0187. The number of rotatable bonds is 5. The zero-order valence-electron chi connectivity index (χ0n) is 14.7. The number of carbonyl (C=O) groups is 2. The van der Waals surface area contributed by atoms with Gasteiger partial charge in [-0.1, -0.05) is 23.3 Å². The molecule has 1 fully saturated rings. The third kappa shape index (κ3) is 5.69. The molecule has 8 nitrogen and oxygen atoms in total. The molecule has 0 aliphatic carbocycles. The van der Waals surface area contributed by atoms with Crippen LogP contribution in [0.2, 0.25) is 0 Å². The van der Waals surface area contributed by atoms with E-state index in [0.29, 0.717) is 31.7 Å². The predicted molar refractivity (Wildman–Crippen MR) is 93.8 cm³/mol. The molecule has 0 aromatic heterocycles. The normalized spacial score (nSPS) is 17.2. The molecule has 1 saturated heterocycles. The Hall–Kier alpha value is -2.73. The van der Waals surface area contributed by atoms with Gasteiger partial charge in [0.1, 0.15) is 5.60 Å². The van der Waals surface area contributed by atoms with Crippen molar-refractivity contribution in [1.82, 2.24) is 4.90 Å². The highest BCUT2D eigenvalue weighted by atomic mass is 16.6. The number of likely N-dealkylation sites (tertiary alicyclic amines) is 1. The zero-order valence-corrected chi connectivity index (χ0v) is 14.7. The lowest BCUT2D eigenvalue weighted by atomic mass is 10.1. The van der Waals surface area contributed by atoms with Crippen molar-refractivity contribution in [2.75, 3.05) is 18.4 Å². The Morgan fingerprint density at radius 1 is 1.44 bits per heavy atom. The van der Waals surface area contributed by atoms with Crippen LogP contribution in [0.3, 0.4) is 0 Å². The average Bonchev–Trinajstić information content (AvgIpc) is 2.85. The summed E-state index contributed by atoms with van der Waals surface area (Å²) in [6.45, 7) is 6.63. The van der Waals surface area contributed by atoms with Crippen LogP contribution in [0.15, 0.2) is 29.4 Å². The average molecular weight is 345 g/mol. The fourth-order valence-electron chi connectivity index (χ4n) is 2.68. The minimum Gasteiger partial charge on any atom is -0.444 e. The van der Waals surface area contributed by atoms with Crippen LogP contribution in [0.1, 0.15) is 32.8 Å². The van der Waals surface area contributed by atoms with Crippen molar-refractivity contribution in [1.29, 1.82) is 0 Å². The molecule has 134 valence electrons. The molecule has 1 unspecified atom stereocenters. The van der Waals surface area contributed by atoms with Gasteiger partial charge in [0.2, 0.25) is 5.91 Å². The molecule has 2 amide bonds. The number of nitrogens with zero attached hydrogens (tertiary/aromatic N) is 4. The third-order valence-electron chi connectivity index (χ3n) is 3.71. The van der Waals surface area contributed by atoms with Gasteiger partial charge >= 0.3 is 6.09 Å². The summed E-state index contributed by atoms with van der Waals surface area (Å²) in [5.41, 5.74) is 9.26. The van der Waals surface area contributed by atoms with Gasteiger partial charge in [0.25, 0.3) is 0 Å². The number of para-hydroxylation sites is 1. The highest BCUT2D eigenvalue weighted by molar-refractivity contribution is 5.86. The summed E-state index contributed by atoms with van der Waals surface area (Å²) >= 11 is 0. The summed E-state index contributed by atoms with van der Waals surface area (Å²) in [6.07, 6.45) is -0.158. The Kier molecular flexibility index (Phi) is 5.88. The van der Waals surface area contributed by atoms with Gasteiger partial charge in [-0.15, -0.1) is 0 Å². The monoisotopic (exact) mass is 345 g/mol. The molecule has 0 radical (unpaired) electrons. The highest BCUT2D eigenvalue weighted by Crippen LogP contribution is 2.24. The molecule has 8 heteroatoms. The van der Waals surface area contributed by atoms with Crippen LogP contribution >= 0.6 is 0 Å². The molecule has 0 spiro atoms. The van der Waals surface area contributed by atoms with E-state index < -0.39 is 11.7 Å². The Bertz CT molecular complexity index is 692. The molecule has 1 heterocycles. The van der Waals surface area contributed by atoms with Crippen LogP contribution in [0, 0.1) is 5.92 Å². The summed E-state index contributed by atoms with van der Waals surface area (Å²) in [5.74, 6) is 0.0552. The van der Waals surface area contributed by atoms with Crippen molar-refractivity contribution in [2.24, 2.45) is 11.0 Å². The zero-order chi connectivity index (χ0) is 18.4. The Balaban J connectivity index is 2.04. The van der Waals surface area contributed by atoms with E-state index >= 15 is 0 Å². The van der Waals surface area contributed by atoms with Crippen molar-refractivity contribution < 1.29 is 14.3 Å². The topological polar surface area (TPSA) is 107 Å². The number of azide groups is 1. The molecule has 1 aromatic carbocycles. The van der Waals surface area contributed by atoms with Gasteiger partial charge in [0, 0.05) is 36.7 Å². The number of benzene rings is 1. The van der Waals surface area contributed by atoms with E-state index in [1.807, 2.05) is 18.2 Å². The second-order valence-corrected chi connectivity index (χ2v) is 7.04. The SMILES string of the molecule is CC(C)(C)OC(=O)Nc1ccccc1CN1CC(CN=[N+]=[N-])CC1=O. The highest BCUT2D eigenvalue weighted by Gasteiger charge is 2.29. The van der Waals surface area contributed by atoms with Crippen molar-refractivity contribution in [3.05, 3.63) is 40.3 Å². The summed E-state index contributed by atoms with van der Waals surface area (Å²) in [4.78, 5) is 28.6. The van der Waals surface area contributed by atoms with Gasteiger partial charge in [0.05, 0.1) is 0 Å². The van der Waals surface area contributed by atoms with Gasteiger partial charge in [-0.3, -0.25) is 10.1 Å². The number of amides is 2. The van der Waals surface area contributed by atoms with Gasteiger partial charge < -0.3 is 9.64 Å². The Morgan fingerprint density at radius 3 is 2.84 bits per heavy atom. The van der Waals surface area contributed by atoms with Crippen LogP contribution in [0.5, 0.6) is 0 Å². The lowest BCUT2D eigenvalue weighted by Gasteiger charge is -2.22. The first-order chi connectivity index (χ1) is 11.8. The van der Waals surface area contributed by atoms with Crippen LogP contribution < -0.4 is 5.32 Å². The summed E-state index contributed by atoms with van der Waals surface area (Å²) in [6, 6.07) is 7.30. The maximum absolute atomic E-state index is 12.2. The van der Waals surface area contributed by atoms with Crippen LogP contribution in [0.25, 0.3) is 10.4 Å². The van der Waals surface area contributed by atoms with Crippen LogP contribution in [-0.4, -0.2) is 35.6 Å². The van der Waals surface area contributed by atoms with E-state index in [2.05, 4.69) is 15.3 Å². The third-order valence-corrected chi connectivity index (χ3v) is 3.71. The maximum atomic E-state index is 12.2. The van der Waals surface area contributed by atoms with Crippen molar-refractivity contribution in [3.8, 4) is 0 Å². The minimum atomic E-state index is -0.585. The van der Waals surface area contributed by atoms with Gasteiger partial charge in [-0.25, -0.2) is 4.79 Å². The van der Waals surface area contributed by atoms with E-state index in [9.17, 15) is 9.59 Å². The number of nitrogens with one attached hydrogen (secondary N) is 1. The Morgan fingerprint density at radius 2 is 2.16 bits per heavy atom. The first-order valence-electron chi connectivity index (χ1n) is 8.15. The molecule has 1 aromatic rings. The molecule has 25 heavy (non-hydrogen) atoms. The molecular weight excluding hydrogens is 322 g/mol. The fraction of sp³-hybridized carbons (Fsp3) is 0.529. The lowest BCUT2D eigenvalue weighted by Crippen LogP contribution is -2.28. The van der Waals surface area contributed by atoms with E-state index in [-0.39, 0.29) is 11.8 Å². The van der Waals surface area contributed by atoms with Crippen LogP contribution in [-0.2, 0) is 16.1 Å². The number of hydrogen-bond donors (Lipinski definition) is 1. The lowest BCUT2D eigenvalue weighted by molar-refractivity contribution is -0.128. The number of ether oxygens (including phenoxy) is 1. The van der Waals surface area contributed by atoms with Crippen molar-refractivity contribution in [2.45, 2.75) is 39.3 Å². The summed E-state index contributed by atoms with van der Waals surface area (Å²) in [5, 5.41) is 6.28. The Labute approximate surface area is 146 Å². The molecule has 1 aliphatic rings. The predicted octanol–water partition coefficient (Wildman–Crippen LogP) is 3.69. The van der Waals surface area contributed by atoms with E-state index in [4.69, 9.17) is 10.3 Å². The molecule has 0 saturated carbocycles. The summed E-state index contributed by atoms with van der Waals surface area (Å²) in [7, 11) is 0. The van der Waals surface area contributed by atoms with Crippen molar-refractivity contribution >= 4 is 17.7 Å². The first kappa shape index (κ1) is 18.6. The van der Waals surface area contributed by atoms with Crippen molar-refractivity contribution in [3.63, 3.8) is 0 Å². The first-order valence-corrected chi connectivity index (χ1v) is 8.15. The molecule has 2 rings (SSSR count). The second kappa shape index (κ2) is 7.90. The molecular formula is C17H23N5O3. The fourth-order valence-corrected chi connectivity index (χ4v) is 2.68. The largest absolute Gasteiger partial charge is 0.444 e. The molecule has 0 bridgehead atoms. The van der Waals surface area contributed by atoms with E-state index in [0.717, 1.165) is 5.56 Å². The van der Waals surface area contributed by atoms with E-state index in [1.165, 1.54) is 0 Å². The van der Waals surface area contributed by atoms with E-state index in [1.54, 1.807) is 31.7 Å².